The molecular formula is C15H13BrN2O5. The molecule has 0 radical (unpaired) electrons. The van der Waals surface area contributed by atoms with E-state index in [1.165, 1.54) is 12.1 Å². The third kappa shape index (κ3) is 4.27. The Morgan fingerprint density at radius 3 is 2.52 bits per heavy atom. The van der Waals surface area contributed by atoms with E-state index in [1.54, 1.807) is 0 Å². The van der Waals surface area contributed by atoms with Crippen LogP contribution in [0.5, 0.6) is 11.5 Å². The van der Waals surface area contributed by atoms with Crippen LogP contribution in [0.25, 0.3) is 0 Å². The Morgan fingerprint density at radius 2 is 1.91 bits per heavy atom. The fourth-order valence-corrected chi connectivity index (χ4v) is 2.25. The summed E-state index contributed by atoms with van der Waals surface area (Å²) >= 11 is 3.21. The van der Waals surface area contributed by atoms with Gasteiger partial charge < -0.3 is 15.2 Å². The molecule has 0 aliphatic rings. The minimum absolute atomic E-state index is 0.0128. The van der Waals surface area contributed by atoms with Gasteiger partial charge in [-0.1, -0.05) is 30.3 Å². The van der Waals surface area contributed by atoms with Gasteiger partial charge in [-0.05, 0) is 33.6 Å². The van der Waals surface area contributed by atoms with E-state index in [0.717, 1.165) is 5.56 Å². The second-order valence-corrected chi connectivity index (χ2v) is 5.29. The van der Waals surface area contributed by atoms with Gasteiger partial charge in [-0.25, -0.2) is 0 Å². The first-order chi connectivity index (χ1) is 11.0. The van der Waals surface area contributed by atoms with Crippen LogP contribution < -0.4 is 15.2 Å². The number of halogens is 1. The van der Waals surface area contributed by atoms with Crippen molar-refractivity contribution in [2.75, 3.05) is 6.54 Å². The number of ether oxygens (including phenoxy) is 2. The van der Waals surface area contributed by atoms with E-state index in [0.29, 0.717) is 4.47 Å². The smallest absolute Gasteiger partial charge is 0.354 e. The van der Waals surface area contributed by atoms with Crippen LogP contribution in [0.3, 0.4) is 0 Å². The molecule has 0 saturated carbocycles. The summed E-state index contributed by atoms with van der Waals surface area (Å²) in [6, 6.07) is 12.0. The Balaban J connectivity index is 2.34. The molecule has 23 heavy (non-hydrogen) atoms. The number of hydrogen-bond acceptors (Lipinski definition) is 6. The molecule has 0 aromatic heterocycles. The molecule has 2 aromatic carbocycles. The quantitative estimate of drug-likeness (QED) is 0.357. The molecule has 2 N–H and O–H groups in total. The Labute approximate surface area is 140 Å². The SMILES string of the molecule is NCC(=O)Oc1ccc(Br)c(OCc2ccccc2)c1[N+](=O)[O-]. The number of nitrogens with zero attached hydrogens (tertiary/aromatic N) is 1. The van der Waals surface area contributed by atoms with Crippen molar-refractivity contribution in [2.45, 2.75) is 6.61 Å². The summed E-state index contributed by atoms with van der Waals surface area (Å²) in [6.07, 6.45) is 0. The Morgan fingerprint density at radius 1 is 1.22 bits per heavy atom. The molecule has 7 nitrogen and oxygen atoms in total. The number of nitro groups is 1. The molecule has 0 amide bonds. The van der Waals surface area contributed by atoms with E-state index in [9.17, 15) is 14.9 Å². The van der Waals surface area contributed by atoms with Crippen molar-refractivity contribution < 1.29 is 19.2 Å². The Kier molecular flexibility index (Phi) is 5.67. The molecule has 0 bridgehead atoms. The molecule has 0 unspecified atom stereocenters. The van der Waals surface area contributed by atoms with Crippen molar-refractivity contribution in [3.63, 3.8) is 0 Å². The van der Waals surface area contributed by atoms with Gasteiger partial charge in [0.15, 0.2) is 0 Å². The van der Waals surface area contributed by atoms with Crippen LogP contribution in [0, 0.1) is 10.1 Å². The molecule has 0 fully saturated rings. The molecule has 2 aromatic rings. The predicted octanol–water partition coefficient (Wildman–Crippen LogP) is 2.80. The van der Waals surface area contributed by atoms with Gasteiger partial charge >= 0.3 is 11.7 Å². The van der Waals surface area contributed by atoms with Crippen LogP contribution in [-0.2, 0) is 11.4 Å². The van der Waals surface area contributed by atoms with E-state index in [2.05, 4.69) is 15.9 Å². The number of rotatable bonds is 6. The summed E-state index contributed by atoms with van der Waals surface area (Å²) in [5.74, 6) is -0.998. The maximum Gasteiger partial charge on any atom is 0.354 e. The van der Waals surface area contributed by atoms with Gasteiger partial charge in [-0.15, -0.1) is 0 Å². The first-order valence-corrected chi connectivity index (χ1v) is 7.36. The minimum Gasteiger partial charge on any atom is -0.481 e. The molecule has 0 aliphatic carbocycles. The first kappa shape index (κ1) is 16.9. The molecule has 0 saturated heterocycles. The summed E-state index contributed by atoms with van der Waals surface area (Å²) in [5, 5.41) is 11.4. The summed E-state index contributed by atoms with van der Waals surface area (Å²) < 4.78 is 10.8. The number of nitro benzene ring substituents is 1. The fraction of sp³-hybridized carbons (Fsp3) is 0.133. The fourth-order valence-electron chi connectivity index (χ4n) is 1.82. The highest BCUT2D eigenvalue weighted by atomic mass is 79.9. The van der Waals surface area contributed by atoms with Crippen LogP contribution in [0.15, 0.2) is 46.9 Å². The number of carbonyl (C=O) groups is 1. The lowest BCUT2D eigenvalue weighted by Gasteiger charge is -2.11. The zero-order valence-corrected chi connectivity index (χ0v) is 13.5. The highest BCUT2D eigenvalue weighted by molar-refractivity contribution is 9.10. The zero-order chi connectivity index (χ0) is 16.8. The van der Waals surface area contributed by atoms with Gasteiger partial charge in [0, 0.05) is 0 Å². The lowest BCUT2D eigenvalue weighted by Crippen LogP contribution is -2.20. The molecule has 120 valence electrons. The molecule has 2 rings (SSSR count). The minimum atomic E-state index is -0.774. The number of nitrogens with two attached hydrogens (primary N) is 1. The lowest BCUT2D eigenvalue weighted by molar-refractivity contribution is -0.386. The van der Waals surface area contributed by atoms with E-state index in [-0.39, 0.29) is 24.7 Å². The van der Waals surface area contributed by atoms with Crippen molar-refractivity contribution in [3.8, 4) is 11.5 Å². The second-order valence-electron chi connectivity index (χ2n) is 4.43. The Hall–Kier alpha value is -2.45. The van der Waals surface area contributed by atoms with E-state index < -0.39 is 16.6 Å². The zero-order valence-electron chi connectivity index (χ0n) is 11.9. The summed E-state index contributed by atoms with van der Waals surface area (Å²) in [5.41, 5.74) is 5.58. The van der Waals surface area contributed by atoms with Crippen LogP contribution in [-0.4, -0.2) is 17.4 Å². The average molecular weight is 381 g/mol. The molecule has 0 spiro atoms. The van der Waals surface area contributed by atoms with Crippen LogP contribution >= 0.6 is 15.9 Å². The monoisotopic (exact) mass is 380 g/mol. The van der Waals surface area contributed by atoms with Gasteiger partial charge in [0.1, 0.15) is 6.61 Å². The van der Waals surface area contributed by atoms with E-state index in [4.69, 9.17) is 15.2 Å². The predicted molar refractivity (Wildman–Crippen MR) is 86.3 cm³/mol. The normalized spacial score (nSPS) is 10.2. The Bertz CT molecular complexity index is 721. The third-order valence-electron chi connectivity index (χ3n) is 2.85. The maximum atomic E-state index is 11.4. The number of carbonyl (C=O) groups excluding carboxylic acids is 1. The highest BCUT2D eigenvalue weighted by Gasteiger charge is 2.27. The summed E-state index contributed by atoms with van der Waals surface area (Å²) in [7, 11) is 0. The van der Waals surface area contributed by atoms with Crippen LogP contribution in [0.4, 0.5) is 5.69 Å². The molecule has 0 atom stereocenters. The van der Waals surface area contributed by atoms with Crippen molar-refractivity contribution in [1.82, 2.24) is 0 Å². The number of benzene rings is 2. The largest absolute Gasteiger partial charge is 0.481 e. The van der Waals surface area contributed by atoms with Gasteiger partial charge in [0.2, 0.25) is 11.5 Å². The van der Waals surface area contributed by atoms with Crippen LogP contribution in [0.2, 0.25) is 0 Å². The molecule has 8 heteroatoms. The number of hydrogen-bond donors (Lipinski definition) is 1. The molecule has 0 aliphatic heterocycles. The van der Waals surface area contributed by atoms with E-state index >= 15 is 0 Å². The van der Waals surface area contributed by atoms with Crippen molar-refractivity contribution >= 4 is 27.6 Å². The first-order valence-electron chi connectivity index (χ1n) is 6.57. The standard InChI is InChI=1S/C15H13BrN2O5/c16-11-6-7-12(23-13(19)8-17)14(18(20)21)15(11)22-9-10-4-2-1-3-5-10/h1-7H,8-9,17H2. The third-order valence-corrected chi connectivity index (χ3v) is 3.47. The van der Waals surface area contributed by atoms with Crippen molar-refractivity contribution in [1.29, 1.82) is 0 Å². The highest BCUT2D eigenvalue weighted by Crippen LogP contribution is 2.42. The van der Waals surface area contributed by atoms with Crippen LogP contribution in [0.1, 0.15) is 5.56 Å². The maximum absolute atomic E-state index is 11.4. The number of esters is 1. The summed E-state index contributed by atoms with van der Waals surface area (Å²) in [4.78, 5) is 22.0. The topological polar surface area (TPSA) is 105 Å². The van der Waals surface area contributed by atoms with Crippen molar-refractivity contribution in [2.24, 2.45) is 5.73 Å². The summed E-state index contributed by atoms with van der Waals surface area (Å²) in [6.45, 7) is -0.248. The molecule has 0 heterocycles. The van der Waals surface area contributed by atoms with E-state index in [1.807, 2.05) is 30.3 Å². The van der Waals surface area contributed by atoms with Gasteiger partial charge in [-0.3, -0.25) is 14.9 Å². The van der Waals surface area contributed by atoms with Gasteiger partial charge in [-0.2, -0.15) is 0 Å². The van der Waals surface area contributed by atoms with Gasteiger partial charge in [0.05, 0.1) is 15.9 Å². The van der Waals surface area contributed by atoms with Gasteiger partial charge in [0.25, 0.3) is 0 Å². The molecular weight excluding hydrogens is 368 g/mol. The van der Waals surface area contributed by atoms with Crippen molar-refractivity contribution in [3.05, 3.63) is 62.6 Å². The lowest BCUT2D eigenvalue weighted by atomic mass is 10.2. The second kappa shape index (κ2) is 7.70. The average Bonchev–Trinajstić information content (AvgIpc) is 2.55.